The number of carbonyl (C=O) groups excluding carboxylic acids is 1. The molecule has 0 aliphatic heterocycles. The smallest absolute Gasteiger partial charge is 0.220 e. The lowest BCUT2D eigenvalue weighted by Crippen LogP contribution is -2.38. The summed E-state index contributed by atoms with van der Waals surface area (Å²) < 4.78 is 5.60. The van der Waals surface area contributed by atoms with E-state index in [2.05, 4.69) is 5.32 Å². The van der Waals surface area contributed by atoms with E-state index >= 15 is 0 Å². The van der Waals surface area contributed by atoms with Crippen LogP contribution in [0, 0.1) is 11.8 Å². The van der Waals surface area contributed by atoms with Gasteiger partial charge in [0.2, 0.25) is 5.91 Å². The molecule has 3 rings (SSSR count). The van der Waals surface area contributed by atoms with Crippen molar-refractivity contribution in [2.45, 2.75) is 44.6 Å². The Morgan fingerprint density at radius 3 is 2.75 bits per heavy atom. The second-order valence-corrected chi connectivity index (χ2v) is 6.11. The van der Waals surface area contributed by atoms with Gasteiger partial charge in [-0.25, -0.2) is 0 Å². The average molecular weight is 273 g/mol. The van der Waals surface area contributed by atoms with E-state index in [-0.39, 0.29) is 5.91 Å². The first-order chi connectivity index (χ1) is 9.81. The van der Waals surface area contributed by atoms with Crippen molar-refractivity contribution in [2.75, 3.05) is 6.61 Å². The second-order valence-electron chi connectivity index (χ2n) is 6.11. The molecule has 108 valence electrons. The summed E-state index contributed by atoms with van der Waals surface area (Å²) in [7, 11) is 0. The summed E-state index contributed by atoms with van der Waals surface area (Å²) in [6.07, 6.45) is 6.58. The first kappa shape index (κ1) is 13.5. The predicted octanol–water partition coefficient (Wildman–Crippen LogP) is 3.15. The third-order valence-corrected chi connectivity index (χ3v) is 4.64. The van der Waals surface area contributed by atoms with Gasteiger partial charge in [-0.3, -0.25) is 4.79 Å². The number of fused-ring (bicyclic) bond motifs is 2. The lowest BCUT2D eigenvalue weighted by Gasteiger charge is -2.22. The van der Waals surface area contributed by atoms with Crippen molar-refractivity contribution in [3.8, 4) is 5.75 Å². The number of benzene rings is 1. The monoisotopic (exact) mass is 273 g/mol. The highest BCUT2D eigenvalue weighted by molar-refractivity contribution is 5.76. The molecule has 3 atom stereocenters. The Labute approximate surface area is 120 Å². The molecular formula is C17H23NO2. The molecule has 0 heterocycles. The molecule has 0 radical (unpaired) electrons. The number of amides is 1. The molecule has 2 fully saturated rings. The van der Waals surface area contributed by atoms with Crippen LogP contribution in [-0.4, -0.2) is 18.6 Å². The van der Waals surface area contributed by atoms with Gasteiger partial charge < -0.3 is 10.1 Å². The summed E-state index contributed by atoms with van der Waals surface area (Å²) in [5.41, 5.74) is 0. The normalized spacial score (nSPS) is 27.5. The summed E-state index contributed by atoms with van der Waals surface area (Å²) in [5, 5.41) is 3.21. The summed E-state index contributed by atoms with van der Waals surface area (Å²) in [5.74, 6) is 2.71. The zero-order valence-corrected chi connectivity index (χ0v) is 11.9. The molecule has 1 amide bonds. The molecule has 0 spiro atoms. The number of rotatable bonds is 6. The molecule has 20 heavy (non-hydrogen) atoms. The van der Waals surface area contributed by atoms with Crippen LogP contribution in [0.2, 0.25) is 0 Å². The van der Waals surface area contributed by atoms with Crippen molar-refractivity contribution in [1.82, 2.24) is 5.32 Å². The van der Waals surface area contributed by atoms with Crippen LogP contribution in [-0.2, 0) is 4.79 Å². The Hall–Kier alpha value is -1.51. The Morgan fingerprint density at radius 2 is 2.05 bits per heavy atom. The first-order valence-electron chi connectivity index (χ1n) is 7.78. The van der Waals surface area contributed by atoms with E-state index in [9.17, 15) is 4.79 Å². The molecule has 1 aromatic rings. The van der Waals surface area contributed by atoms with Crippen LogP contribution in [0.1, 0.15) is 38.5 Å². The van der Waals surface area contributed by atoms with Gasteiger partial charge in [0.1, 0.15) is 5.75 Å². The number of carbonyl (C=O) groups is 1. The van der Waals surface area contributed by atoms with Gasteiger partial charge >= 0.3 is 0 Å². The zero-order valence-electron chi connectivity index (χ0n) is 11.9. The molecule has 2 aliphatic rings. The van der Waals surface area contributed by atoms with E-state index in [1.54, 1.807) is 0 Å². The minimum atomic E-state index is 0.194. The van der Waals surface area contributed by atoms with Gasteiger partial charge in [-0.1, -0.05) is 24.6 Å². The van der Waals surface area contributed by atoms with Crippen molar-refractivity contribution in [2.24, 2.45) is 11.8 Å². The van der Waals surface area contributed by atoms with Crippen LogP contribution in [0.4, 0.5) is 0 Å². The lowest BCUT2D eigenvalue weighted by atomic mass is 9.95. The number of hydrogen-bond acceptors (Lipinski definition) is 2. The first-order valence-corrected chi connectivity index (χ1v) is 7.78. The minimum absolute atomic E-state index is 0.194. The maximum Gasteiger partial charge on any atom is 0.220 e. The third kappa shape index (κ3) is 3.33. The third-order valence-electron chi connectivity index (χ3n) is 4.64. The van der Waals surface area contributed by atoms with Gasteiger partial charge in [0.25, 0.3) is 0 Å². The molecule has 0 saturated heterocycles. The Kier molecular flexibility index (Phi) is 4.24. The summed E-state index contributed by atoms with van der Waals surface area (Å²) in [6.45, 7) is 0.605. The number of ether oxygens (including phenoxy) is 1. The Morgan fingerprint density at radius 1 is 1.20 bits per heavy atom. The maximum absolute atomic E-state index is 11.9. The highest BCUT2D eigenvalue weighted by Crippen LogP contribution is 2.44. The summed E-state index contributed by atoms with van der Waals surface area (Å²) in [6, 6.07) is 10.2. The highest BCUT2D eigenvalue weighted by atomic mass is 16.5. The van der Waals surface area contributed by atoms with Crippen LogP contribution in [0.15, 0.2) is 30.3 Å². The quantitative estimate of drug-likeness (QED) is 0.809. The highest BCUT2D eigenvalue weighted by Gasteiger charge is 2.39. The second kappa shape index (κ2) is 6.29. The van der Waals surface area contributed by atoms with Crippen LogP contribution >= 0.6 is 0 Å². The Bertz CT molecular complexity index is 446. The molecule has 2 saturated carbocycles. The van der Waals surface area contributed by atoms with E-state index in [1.807, 2.05) is 30.3 Å². The van der Waals surface area contributed by atoms with Crippen molar-refractivity contribution in [3.63, 3.8) is 0 Å². The molecule has 0 unspecified atom stereocenters. The largest absolute Gasteiger partial charge is 0.494 e. The molecule has 2 aliphatic carbocycles. The molecule has 3 nitrogen and oxygen atoms in total. The fraction of sp³-hybridized carbons (Fsp3) is 0.588. The molecule has 2 bridgehead atoms. The summed E-state index contributed by atoms with van der Waals surface area (Å²) >= 11 is 0. The Balaban J connectivity index is 1.32. The SMILES string of the molecule is O=C(CCCOc1ccccc1)N[C@H]1C[C@H]2CC[C@H]1C2. The fourth-order valence-electron chi connectivity index (χ4n) is 3.64. The zero-order chi connectivity index (χ0) is 13.8. The van der Waals surface area contributed by atoms with E-state index in [0.29, 0.717) is 19.1 Å². The molecule has 3 heteroatoms. The van der Waals surface area contributed by atoms with Crippen LogP contribution in [0.3, 0.4) is 0 Å². The van der Waals surface area contributed by atoms with E-state index in [0.717, 1.165) is 24.0 Å². The molecule has 1 N–H and O–H groups in total. The van der Waals surface area contributed by atoms with Gasteiger partial charge in [0, 0.05) is 12.5 Å². The number of nitrogens with one attached hydrogen (secondary N) is 1. The van der Waals surface area contributed by atoms with Crippen molar-refractivity contribution >= 4 is 5.91 Å². The average Bonchev–Trinajstić information content (AvgIpc) is 3.07. The van der Waals surface area contributed by atoms with Crippen LogP contribution in [0.5, 0.6) is 5.75 Å². The summed E-state index contributed by atoms with van der Waals surface area (Å²) in [4.78, 5) is 11.9. The van der Waals surface area contributed by atoms with E-state index < -0.39 is 0 Å². The minimum Gasteiger partial charge on any atom is -0.494 e. The maximum atomic E-state index is 11.9. The van der Waals surface area contributed by atoms with E-state index in [1.165, 1.54) is 25.7 Å². The van der Waals surface area contributed by atoms with Crippen molar-refractivity contribution in [3.05, 3.63) is 30.3 Å². The molecule has 0 aromatic heterocycles. The van der Waals surface area contributed by atoms with Crippen molar-refractivity contribution < 1.29 is 9.53 Å². The van der Waals surface area contributed by atoms with Crippen LogP contribution in [0.25, 0.3) is 0 Å². The van der Waals surface area contributed by atoms with Gasteiger partial charge in [-0.05, 0) is 49.7 Å². The van der Waals surface area contributed by atoms with Gasteiger partial charge in [0.05, 0.1) is 6.61 Å². The van der Waals surface area contributed by atoms with Crippen LogP contribution < -0.4 is 10.1 Å². The molecule has 1 aromatic carbocycles. The van der Waals surface area contributed by atoms with E-state index in [4.69, 9.17) is 4.74 Å². The van der Waals surface area contributed by atoms with Gasteiger partial charge in [-0.2, -0.15) is 0 Å². The topological polar surface area (TPSA) is 38.3 Å². The number of hydrogen-bond donors (Lipinski definition) is 1. The number of para-hydroxylation sites is 1. The lowest BCUT2D eigenvalue weighted by molar-refractivity contribution is -0.122. The molecular weight excluding hydrogens is 250 g/mol. The standard InChI is InChI=1S/C17H23NO2/c19-17(18-16-12-13-8-9-14(16)11-13)7-4-10-20-15-5-2-1-3-6-15/h1-3,5-6,13-14,16H,4,7-12H2,(H,18,19)/t13-,14-,16-/m0/s1. The van der Waals surface area contributed by atoms with Crippen molar-refractivity contribution in [1.29, 1.82) is 0 Å². The predicted molar refractivity (Wildman–Crippen MR) is 78.5 cm³/mol. The van der Waals surface area contributed by atoms with Gasteiger partial charge in [0.15, 0.2) is 0 Å². The fourth-order valence-corrected chi connectivity index (χ4v) is 3.64. The van der Waals surface area contributed by atoms with Gasteiger partial charge in [-0.15, -0.1) is 0 Å².